The van der Waals surface area contributed by atoms with E-state index in [1.54, 1.807) is 25.1 Å². The number of nitrogens with one attached hydrogen (secondary N) is 1. The summed E-state index contributed by atoms with van der Waals surface area (Å²) in [7, 11) is 0. The zero-order chi connectivity index (χ0) is 18.8. The monoisotopic (exact) mass is 345 g/mol. The molecule has 0 aliphatic carbocycles. The van der Waals surface area contributed by atoms with E-state index >= 15 is 0 Å². The van der Waals surface area contributed by atoms with Gasteiger partial charge in [-0.05, 0) is 44.0 Å². The van der Waals surface area contributed by atoms with Gasteiger partial charge in [0.2, 0.25) is 0 Å². The number of nitrogens with zero attached hydrogens (tertiary/aromatic N) is 1. The largest absolute Gasteiger partial charge is 0.490 e. The van der Waals surface area contributed by atoms with Gasteiger partial charge in [0.05, 0.1) is 6.61 Å². The molecule has 0 fully saturated rings. The highest BCUT2D eigenvalue weighted by Gasteiger charge is 2.13. The van der Waals surface area contributed by atoms with Gasteiger partial charge >= 0.3 is 0 Å². The van der Waals surface area contributed by atoms with Crippen molar-refractivity contribution in [3.8, 4) is 17.6 Å². The smallest absolute Gasteiger partial charge is 0.262 e. The predicted octanol–water partition coefficient (Wildman–Crippen LogP) is 1.77. The van der Waals surface area contributed by atoms with E-state index in [1.165, 1.54) is 6.08 Å². The van der Waals surface area contributed by atoms with E-state index in [1.807, 2.05) is 19.9 Å². The Morgan fingerprint density at radius 1 is 1.32 bits per heavy atom. The standard InChI is InChI=1S/C18H23N3O4/c1-4-12(3)21-18(23)14(10-19)8-13-6-7-15(25-11-17(20)22)16(9-13)24-5-2/h6-9,12H,4-5,11H2,1-3H3,(H2,20,22)(H,21,23)/b14-8+/t12-/m1/s1. The third-order valence-electron chi connectivity index (χ3n) is 3.30. The summed E-state index contributed by atoms with van der Waals surface area (Å²) in [5.41, 5.74) is 5.66. The quantitative estimate of drug-likeness (QED) is 0.523. The maximum Gasteiger partial charge on any atom is 0.262 e. The first-order chi connectivity index (χ1) is 11.9. The summed E-state index contributed by atoms with van der Waals surface area (Å²) in [5.74, 6) is -0.263. The summed E-state index contributed by atoms with van der Waals surface area (Å²) >= 11 is 0. The normalized spacial score (nSPS) is 12.0. The van der Waals surface area contributed by atoms with Crippen LogP contribution in [0.1, 0.15) is 32.8 Å². The van der Waals surface area contributed by atoms with Gasteiger partial charge in [-0.25, -0.2) is 0 Å². The average molecular weight is 345 g/mol. The number of hydrogen-bond acceptors (Lipinski definition) is 5. The molecule has 0 aliphatic rings. The van der Waals surface area contributed by atoms with E-state index < -0.39 is 11.8 Å². The van der Waals surface area contributed by atoms with E-state index in [0.29, 0.717) is 23.7 Å². The molecule has 0 bridgehead atoms. The molecule has 0 heterocycles. The van der Waals surface area contributed by atoms with Crippen LogP contribution in [-0.4, -0.2) is 31.1 Å². The van der Waals surface area contributed by atoms with Crippen molar-refractivity contribution >= 4 is 17.9 Å². The molecule has 7 nitrogen and oxygen atoms in total. The first-order valence-corrected chi connectivity index (χ1v) is 8.01. The third-order valence-corrected chi connectivity index (χ3v) is 3.30. The van der Waals surface area contributed by atoms with E-state index in [-0.39, 0.29) is 18.2 Å². The minimum atomic E-state index is -0.597. The van der Waals surface area contributed by atoms with E-state index in [2.05, 4.69) is 5.32 Å². The van der Waals surface area contributed by atoms with Crippen molar-refractivity contribution < 1.29 is 19.1 Å². The Labute approximate surface area is 147 Å². The minimum Gasteiger partial charge on any atom is -0.490 e. The Morgan fingerprint density at radius 3 is 2.60 bits per heavy atom. The number of nitrogens with two attached hydrogens (primary N) is 1. The van der Waals surface area contributed by atoms with Crippen LogP contribution in [0, 0.1) is 11.3 Å². The molecule has 7 heteroatoms. The van der Waals surface area contributed by atoms with Crippen LogP contribution < -0.4 is 20.5 Å². The van der Waals surface area contributed by atoms with Gasteiger partial charge in [-0.2, -0.15) is 5.26 Å². The Kier molecular flexibility index (Phi) is 8.00. The lowest BCUT2D eigenvalue weighted by atomic mass is 10.1. The zero-order valence-electron chi connectivity index (χ0n) is 14.7. The van der Waals surface area contributed by atoms with E-state index in [9.17, 15) is 14.9 Å². The highest BCUT2D eigenvalue weighted by Crippen LogP contribution is 2.29. The number of ether oxygens (including phenoxy) is 2. The molecule has 1 rings (SSSR count). The molecule has 0 aliphatic heterocycles. The number of amides is 2. The van der Waals surface area contributed by atoms with E-state index in [0.717, 1.165) is 6.42 Å². The molecule has 0 saturated carbocycles. The molecule has 0 aromatic heterocycles. The van der Waals surface area contributed by atoms with Gasteiger partial charge in [0.15, 0.2) is 18.1 Å². The van der Waals surface area contributed by atoms with E-state index in [4.69, 9.17) is 15.2 Å². The fraction of sp³-hybridized carbons (Fsp3) is 0.389. The summed E-state index contributed by atoms with van der Waals surface area (Å²) in [6.07, 6.45) is 2.24. The second-order valence-corrected chi connectivity index (χ2v) is 5.35. The van der Waals surface area contributed by atoms with Crippen molar-refractivity contribution in [1.29, 1.82) is 5.26 Å². The second kappa shape index (κ2) is 9.98. The molecular weight excluding hydrogens is 322 g/mol. The first-order valence-electron chi connectivity index (χ1n) is 8.01. The van der Waals surface area contributed by atoms with Crippen molar-refractivity contribution in [3.63, 3.8) is 0 Å². The van der Waals surface area contributed by atoms with Crippen LogP contribution in [0.2, 0.25) is 0 Å². The van der Waals surface area contributed by atoms with Crippen LogP contribution in [0.3, 0.4) is 0 Å². The van der Waals surface area contributed by atoms with Crippen molar-refractivity contribution in [3.05, 3.63) is 29.3 Å². The van der Waals surface area contributed by atoms with Gasteiger partial charge < -0.3 is 20.5 Å². The Hall–Kier alpha value is -3.01. The zero-order valence-corrected chi connectivity index (χ0v) is 14.7. The van der Waals surface area contributed by atoms with Crippen LogP contribution in [0.5, 0.6) is 11.5 Å². The fourth-order valence-corrected chi connectivity index (χ4v) is 1.87. The predicted molar refractivity (Wildman–Crippen MR) is 93.8 cm³/mol. The number of carbonyl (C=O) groups is 2. The number of carbonyl (C=O) groups excluding carboxylic acids is 2. The summed E-state index contributed by atoms with van der Waals surface area (Å²) in [6, 6.07) is 6.77. The molecule has 1 aromatic rings. The minimum absolute atomic E-state index is 0.00597. The molecule has 0 unspecified atom stereocenters. The van der Waals surface area contributed by atoms with Crippen molar-refractivity contribution in [2.45, 2.75) is 33.2 Å². The number of rotatable bonds is 9. The highest BCUT2D eigenvalue weighted by atomic mass is 16.5. The van der Waals surface area contributed by atoms with Gasteiger partial charge in [-0.1, -0.05) is 13.0 Å². The van der Waals surface area contributed by atoms with Gasteiger partial charge in [-0.15, -0.1) is 0 Å². The Balaban J connectivity index is 3.06. The van der Waals surface area contributed by atoms with Gasteiger partial charge in [-0.3, -0.25) is 9.59 Å². The number of nitriles is 1. The van der Waals surface area contributed by atoms with Crippen LogP contribution in [0.4, 0.5) is 0 Å². The van der Waals surface area contributed by atoms with Crippen molar-refractivity contribution in [2.24, 2.45) is 5.73 Å². The van der Waals surface area contributed by atoms with Crippen molar-refractivity contribution in [2.75, 3.05) is 13.2 Å². The number of hydrogen-bond donors (Lipinski definition) is 2. The summed E-state index contributed by atoms with van der Waals surface area (Å²) in [6.45, 7) is 5.74. The third kappa shape index (κ3) is 6.55. The molecule has 2 amide bonds. The molecule has 0 saturated heterocycles. The van der Waals surface area contributed by atoms with Crippen LogP contribution >= 0.6 is 0 Å². The first kappa shape index (κ1) is 20.0. The molecule has 1 atom stereocenters. The molecule has 25 heavy (non-hydrogen) atoms. The summed E-state index contributed by atoms with van der Waals surface area (Å²) < 4.78 is 10.8. The van der Waals surface area contributed by atoms with Crippen LogP contribution in [0.25, 0.3) is 6.08 Å². The maximum absolute atomic E-state index is 12.1. The lowest BCUT2D eigenvalue weighted by Crippen LogP contribution is -2.32. The van der Waals surface area contributed by atoms with Gasteiger partial charge in [0.1, 0.15) is 11.6 Å². The second-order valence-electron chi connectivity index (χ2n) is 5.35. The lowest BCUT2D eigenvalue weighted by molar-refractivity contribution is -0.120. The van der Waals surface area contributed by atoms with Gasteiger partial charge in [0.25, 0.3) is 11.8 Å². The molecule has 3 N–H and O–H groups in total. The van der Waals surface area contributed by atoms with Crippen LogP contribution in [-0.2, 0) is 9.59 Å². The Bertz CT molecular complexity index is 692. The number of primary amides is 1. The average Bonchev–Trinajstić information content (AvgIpc) is 2.58. The molecule has 0 radical (unpaired) electrons. The SMILES string of the molecule is CCOc1cc(/C=C(\C#N)C(=O)N[C@H](C)CC)ccc1OCC(N)=O. The van der Waals surface area contributed by atoms with Crippen LogP contribution in [0.15, 0.2) is 23.8 Å². The van der Waals surface area contributed by atoms with Crippen molar-refractivity contribution in [1.82, 2.24) is 5.32 Å². The molecule has 134 valence electrons. The summed E-state index contributed by atoms with van der Waals surface area (Å²) in [4.78, 5) is 22.9. The Morgan fingerprint density at radius 2 is 2.04 bits per heavy atom. The lowest BCUT2D eigenvalue weighted by Gasteiger charge is -2.12. The topological polar surface area (TPSA) is 114 Å². The van der Waals surface area contributed by atoms with Gasteiger partial charge in [0, 0.05) is 6.04 Å². The highest BCUT2D eigenvalue weighted by molar-refractivity contribution is 6.01. The maximum atomic E-state index is 12.1. The molecule has 0 spiro atoms. The molecular formula is C18H23N3O4. The molecule has 1 aromatic carbocycles. The summed E-state index contributed by atoms with van der Waals surface area (Å²) in [5, 5.41) is 12.0. The number of benzene rings is 1. The fourth-order valence-electron chi connectivity index (χ4n) is 1.87.